The predicted octanol–water partition coefficient (Wildman–Crippen LogP) is 3.71. The van der Waals surface area contributed by atoms with E-state index in [2.05, 4.69) is 11.4 Å². The van der Waals surface area contributed by atoms with Gasteiger partial charge >= 0.3 is 0 Å². The largest absolute Gasteiger partial charge is 0.493 e. The fourth-order valence-electron chi connectivity index (χ4n) is 4.88. The molecule has 1 aliphatic heterocycles. The summed E-state index contributed by atoms with van der Waals surface area (Å²) in [6.45, 7) is 0.913. The van der Waals surface area contributed by atoms with Gasteiger partial charge < -0.3 is 19.5 Å². The Kier molecular flexibility index (Phi) is 4.96. The van der Waals surface area contributed by atoms with Crippen molar-refractivity contribution in [3.63, 3.8) is 0 Å². The molecular weight excluding hydrogens is 345 g/mol. The molecule has 1 heterocycles. The maximum atomic E-state index is 13.5. The number of hydrogen-bond acceptors (Lipinski definition) is 4. The highest BCUT2D eigenvalue weighted by atomic mass is 19.1. The average molecular weight is 371 g/mol. The van der Waals surface area contributed by atoms with Crippen LogP contribution < -0.4 is 19.5 Å². The zero-order chi connectivity index (χ0) is 19.0. The van der Waals surface area contributed by atoms with Gasteiger partial charge in [-0.2, -0.15) is 0 Å². The van der Waals surface area contributed by atoms with E-state index in [4.69, 9.17) is 14.2 Å². The Morgan fingerprint density at radius 1 is 1.07 bits per heavy atom. The van der Waals surface area contributed by atoms with Crippen LogP contribution in [0.5, 0.6) is 17.2 Å². The lowest BCUT2D eigenvalue weighted by atomic mass is 9.73. The second-order valence-electron chi connectivity index (χ2n) is 7.37. The fraction of sp³-hybridized carbons (Fsp3) is 0.455. The van der Waals surface area contributed by atoms with Crippen molar-refractivity contribution in [2.75, 3.05) is 27.9 Å². The molecule has 0 spiro atoms. The molecule has 0 bridgehead atoms. The number of nitrogens with one attached hydrogen (secondary N) is 1. The molecule has 27 heavy (non-hydrogen) atoms. The predicted molar refractivity (Wildman–Crippen MR) is 103 cm³/mol. The van der Waals surface area contributed by atoms with E-state index in [1.807, 2.05) is 6.07 Å². The van der Waals surface area contributed by atoms with E-state index in [-0.39, 0.29) is 5.82 Å². The van der Waals surface area contributed by atoms with Gasteiger partial charge in [-0.25, -0.2) is 4.39 Å². The summed E-state index contributed by atoms with van der Waals surface area (Å²) in [6.07, 6.45) is 2.87. The van der Waals surface area contributed by atoms with Gasteiger partial charge in [0.05, 0.1) is 21.3 Å². The monoisotopic (exact) mass is 371 g/mol. The first-order chi connectivity index (χ1) is 13.2. The number of fused-ring (bicyclic) bond motifs is 3. The lowest BCUT2D eigenvalue weighted by Crippen LogP contribution is -2.31. The van der Waals surface area contributed by atoms with Crippen LogP contribution in [0.4, 0.5) is 4.39 Å². The summed E-state index contributed by atoms with van der Waals surface area (Å²) in [5.74, 6) is 2.92. The smallest absolute Gasteiger partial charge is 0.203 e. The van der Waals surface area contributed by atoms with Crippen LogP contribution in [0.2, 0.25) is 0 Å². The normalized spacial score (nSPS) is 23.5. The Morgan fingerprint density at radius 3 is 2.59 bits per heavy atom. The summed E-state index contributed by atoms with van der Waals surface area (Å²) in [7, 11) is 4.98. The summed E-state index contributed by atoms with van der Waals surface area (Å²) >= 11 is 0. The molecule has 4 rings (SSSR count). The molecule has 1 aliphatic carbocycles. The van der Waals surface area contributed by atoms with E-state index in [1.165, 1.54) is 17.2 Å². The molecular formula is C22H26FNO3. The third kappa shape index (κ3) is 3.14. The molecule has 1 fully saturated rings. The van der Waals surface area contributed by atoms with Crippen molar-refractivity contribution in [1.29, 1.82) is 0 Å². The molecule has 5 heteroatoms. The van der Waals surface area contributed by atoms with Gasteiger partial charge in [0.2, 0.25) is 5.75 Å². The van der Waals surface area contributed by atoms with Gasteiger partial charge in [-0.05, 0) is 54.5 Å². The fourth-order valence-corrected chi connectivity index (χ4v) is 4.88. The highest BCUT2D eigenvalue weighted by molar-refractivity contribution is 5.61. The molecule has 1 N–H and O–H groups in total. The molecule has 2 aliphatic rings. The third-order valence-electron chi connectivity index (χ3n) is 6.07. The Balaban J connectivity index is 1.65. The van der Waals surface area contributed by atoms with Crippen molar-refractivity contribution in [1.82, 2.24) is 5.32 Å². The van der Waals surface area contributed by atoms with Crippen molar-refractivity contribution in [2.45, 2.75) is 31.2 Å². The SMILES string of the molecule is COc1cc2c(c(OC)c1OC)CCC1[C@@H](Cc3cccc(F)c3)NC[C@@H]21. The average Bonchev–Trinajstić information content (AvgIpc) is 3.09. The van der Waals surface area contributed by atoms with Crippen LogP contribution in [0.25, 0.3) is 0 Å². The van der Waals surface area contributed by atoms with E-state index < -0.39 is 0 Å². The number of methoxy groups -OCH3 is 3. The first-order valence-electron chi connectivity index (χ1n) is 9.45. The molecule has 2 aromatic rings. The molecule has 1 unspecified atom stereocenters. The van der Waals surface area contributed by atoms with Crippen LogP contribution >= 0.6 is 0 Å². The van der Waals surface area contributed by atoms with Crippen molar-refractivity contribution in [3.8, 4) is 17.2 Å². The van der Waals surface area contributed by atoms with Gasteiger partial charge in [0.25, 0.3) is 0 Å². The Hall–Kier alpha value is -2.27. The van der Waals surface area contributed by atoms with Crippen molar-refractivity contribution in [3.05, 3.63) is 52.8 Å². The minimum Gasteiger partial charge on any atom is -0.493 e. The van der Waals surface area contributed by atoms with Crippen LogP contribution in [0.15, 0.2) is 30.3 Å². The zero-order valence-corrected chi connectivity index (χ0v) is 16.0. The zero-order valence-electron chi connectivity index (χ0n) is 16.0. The number of rotatable bonds is 5. The summed E-state index contributed by atoms with van der Waals surface area (Å²) in [6, 6.07) is 9.39. The topological polar surface area (TPSA) is 39.7 Å². The Bertz CT molecular complexity index is 839. The van der Waals surface area contributed by atoms with E-state index in [9.17, 15) is 4.39 Å². The van der Waals surface area contributed by atoms with Crippen LogP contribution in [-0.2, 0) is 12.8 Å². The van der Waals surface area contributed by atoms with Crippen molar-refractivity contribution >= 4 is 0 Å². The molecule has 0 saturated carbocycles. The van der Waals surface area contributed by atoms with Gasteiger partial charge in [-0.1, -0.05) is 12.1 Å². The summed E-state index contributed by atoms with van der Waals surface area (Å²) in [4.78, 5) is 0. The van der Waals surface area contributed by atoms with Crippen LogP contribution in [-0.4, -0.2) is 33.9 Å². The molecule has 1 saturated heterocycles. The maximum absolute atomic E-state index is 13.5. The number of ether oxygens (including phenoxy) is 3. The standard InChI is InChI=1S/C22H26FNO3/c1-25-20-11-17-16(21(26-2)22(20)27-3)8-7-15-18(17)12-24-19(15)10-13-5-4-6-14(23)9-13/h4-6,9,11,15,18-19,24H,7-8,10,12H2,1-3H3/t15?,18-,19-/m1/s1. The molecule has 0 amide bonds. The summed E-state index contributed by atoms with van der Waals surface area (Å²) in [5, 5.41) is 3.68. The molecule has 4 nitrogen and oxygen atoms in total. The van der Waals surface area contributed by atoms with Gasteiger partial charge in [-0.15, -0.1) is 0 Å². The minimum absolute atomic E-state index is 0.169. The highest BCUT2D eigenvalue weighted by Crippen LogP contribution is 2.50. The lowest BCUT2D eigenvalue weighted by molar-refractivity contribution is 0.312. The third-order valence-corrected chi connectivity index (χ3v) is 6.07. The van der Waals surface area contributed by atoms with Crippen LogP contribution in [0, 0.1) is 11.7 Å². The van der Waals surface area contributed by atoms with E-state index >= 15 is 0 Å². The lowest BCUT2D eigenvalue weighted by Gasteiger charge is -2.32. The maximum Gasteiger partial charge on any atom is 0.203 e. The first-order valence-corrected chi connectivity index (χ1v) is 9.45. The number of halogens is 1. The second kappa shape index (κ2) is 7.39. The number of benzene rings is 2. The van der Waals surface area contributed by atoms with E-state index in [0.717, 1.165) is 37.1 Å². The Morgan fingerprint density at radius 2 is 1.89 bits per heavy atom. The minimum atomic E-state index is -0.169. The first kappa shape index (κ1) is 18.1. The quantitative estimate of drug-likeness (QED) is 0.870. The second-order valence-corrected chi connectivity index (χ2v) is 7.37. The molecule has 0 aromatic heterocycles. The van der Waals surface area contributed by atoms with E-state index in [1.54, 1.807) is 33.5 Å². The summed E-state index contributed by atoms with van der Waals surface area (Å²) < 4.78 is 30.4. The Labute approximate surface area is 159 Å². The number of hydrogen-bond donors (Lipinski definition) is 1. The van der Waals surface area contributed by atoms with Gasteiger partial charge in [0.1, 0.15) is 5.82 Å². The van der Waals surface area contributed by atoms with Crippen LogP contribution in [0.3, 0.4) is 0 Å². The van der Waals surface area contributed by atoms with Gasteiger partial charge in [-0.3, -0.25) is 0 Å². The van der Waals surface area contributed by atoms with Crippen LogP contribution in [0.1, 0.15) is 29.0 Å². The summed E-state index contributed by atoms with van der Waals surface area (Å²) in [5.41, 5.74) is 3.56. The van der Waals surface area contributed by atoms with Crippen molar-refractivity contribution in [2.24, 2.45) is 5.92 Å². The molecule has 144 valence electrons. The van der Waals surface area contributed by atoms with Gasteiger partial charge in [0.15, 0.2) is 11.5 Å². The van der Waals surface area contributed by atoms with E-state index in [0.29, 0.717) is 29.4 Å². The van der Waals surface area contributed by atoms with Gasteiger partial charge in [0, 0.05) is 24.1 Å². The molecule has 0 radical (unpaired) electrons. The van der Waals surface area contributed by atoms with Crippen molar-refractivity contribution < 1.29 is 18.6 Å². The highest BCUT2D eigenvalue weighted by Gasteiger charge is 2.41. The molecule has 2 aromatic carbocycles. The molecule has 3 atom stereocenters.